The fourth-order valence-electron chi connectivity index (χ4n) is 2.19. The van der Waals surface area contributed by atoms with E-state index in [0.29, 0.717) is 6.42 Å². The monoisotopic (exact) mass is 223 g/mol. The van der Waals surface area contributed by atoms with Crippen LogP contribution in [0.3, 0.4) is 0 Å². The van der Waals surface area contributed by atoms with Crippen LogP contribution in [0.15, 0.2) is 24.3 Å². The van der Waals surface area contributed by atoms with E-state index in [-0.39, 0.29) is 5.92 Å². The SMILES string of the molecule is COc1cccc(CC2CNCCC2F)c1. The van der Waals surface area contributed by atoms with Crippen LogP contribution in [-0.2, 0) is 6.42 Å². The molecule has 0 aromatic heterocycles. The van der Waals surface area contributed by atoms with Gasteiger partial charge in [0.2, 0.25) is 0 Å². The molecule has 1 aliphatic rings. The third-order valence-corrected chi connectivity index (χ3v) is 3.15. The van der Waals surface area contributed by atoms with Crippen molar-refractivity contribution in [2.75, 3.05) is 20.2 Å². The molecule has 1 saturated heterocycles. The Hall–Kier alpha value is -1.09. The van der Waals surface area contributed by atoms with Gasteiger partial charge in [0.15, 0.2) is 0 Å². The Balaban J connectivity index is 2.01. The largest absolute Gasteiger partial charge is 0.497 e. The van der Waals surface area contributed by atoms with E-state index < -0.39 is 6.17 Å². The average Bonchev–Trinajstić information content (AvgIpc) is 2.32. The lowest BCUT2D eigenvalue weighted by Crippen LogP contribution is -2.38. The molecule has 0 aliphatic carbocycles. The Morgan fingerprint density at radius 1 is 1.50 bits per heavy atom. The predicted molar refractivity (Wildman–Crippen MR) is 62.6 cm³/mol. The van der Waals surface area contributed by atoms with Crippen LogP contribution in [0.2, 0.25) is 0 Å². The molecule has 1 fully saturated rings. The van der Waals surface area contributed by atoms with Crippen LogP contribution in [-0.4, -0.2) is 26.4 Å². The van der Waals surface area contributed by atoms with Crippen molar-refractivity contribution in [2.45, 2.75) is 19.0 Å². The van der Waals surface area contributed by atoms with E-state index in [1.165, 1.54) is 0 Å². The summed E-state index contributed by atoms with van der Waals surface area (Å²) in [7, 11) is 1.65. The molecule has 1 aromatic carbocycles. The predicted octanol–water partition coefficient (Wildman–Crippen LogP) is 2.19. The summed E-state index contributed by atoms with van der Waals surface area (Å²) in [6, 6.07) is 7.89. The van der Waals surface area contributed by atoms with Gasteiger partial charge in [-0.25, -0.2) is 4.39 Å². The van der Waals surface area contributed by atoms with Crippen molar-refractivity contribution < 1.29 is 9.13 Å². The van der Waals surface area contributed by atoms with Crippen molar-refractivity contribution in [1.29, 1.82) is 0 Å². The second-order valence-corrected chi connectivity index (χ2v) is 4.32. The van der Waals surface area contributed by atoms with Crippen molar-refractivity contribution in [1.82, 2.24) is 5.32 Å². The molecular weight excluding hydrogens is 205 g/mol. The van der Waals surface area contributed by atoms with E-state index in [4.69, 9.17) is 4.74 Å². The zero-order valence-corrected chi connectivity index (χ0v) is 9.58. The van der Waals surface area contributed by atoms with Crippen LogP contribution in [0.1, 0.15) is 12.0 Å². The lowest BCUT2D eigenvalue weighted by atomic mass is 9.91. The summed E-state index contributed by atoms with van der Waals surface area (Å²) in [5, 5.41) is 3.24. The van der Waals surface area contributed by atoms with Gasteiger partial charge in [0.1, 0.15) is 11.9 Å². The molecule has 2 nitrogen and oxygen atoms in total. The van der Waals surface area contributed by atoms with Crippen LogP contribution < -0.4 is 10.1 Å². The summed E-state index contributed by atoms with van der Waals surface area (Å²) in [4.78, 5) is 0. The summed E-state index contributed by atoms with van der Waals surface area (Å²) >= 11 is 0. The minimum atomic E-state index is -0.674. The Labute approximate surface area is 95.8 Å². The number of halogens is 1. The minimum Gasteiger partial charge on any atom is -0.497 e. The van der Waals surface area contributed by atoms with Crippen LogP contribution in [0, 0.1) is 5.92 Å². The molecule has 0 bridgehead atoms. The zero-order valence-electron chi connectivity index (χ0n) is 9.58. The number of benzene rings is 1. The normalized spacial score (nSPS) is 25.4. The third kappa shape index (κ3) is 2.73. The lowest BCUT2D eigenvalue weighted by Gasteiger charge is -2.26. The highest BCUT2D eigenvalue weighted by molar-refractivity contribution is 5.28. The molecule has 1 aromatic rings. The fraction of sp³-hybridized carbons (Fsp3) is 0.538. The van der Waals surface area contributed by atoms with E-state index in [2.05, 4.69) is 5.32 Å². The van der Waals surface area contributed by atoms with E-state index in [1.54, 1.807) is 7.11 Å². The Morgan fingerprint density at radius 3 is 3.12 bits per heavy atom. The molecule has 16 heavy (non-hydrogen) atoms. The van der Waals surface area contributed by atoms with Gasteiger partial charge in [-0.3, -0.25) is 0 Å². The smallest absolute Gasteiger partial charge is 0.119 e. The third-order valence-electron chi connectivity index (χ3n) is 3.15. The molecular formula is C13H18FNO. The summed E-state index contributed by atoms with van der Waals surface area (Å²) in [6.45, 7) is 1.58. The van der Waals surface area contributed by atoms with Crippen LogP contribution in [0.25, 0.3) is 0 Å². The molecule has 2 unspecified atom stereocenters. The number of piperidine rings is 1. The van der Waals surface area contributed by atoms with Gasteiger partial charge in [0.25, 0.3) is 0 Å². The molecule has 0 amide bonds. The summed E-state index contributed by atoms with van der Waals surface area (Å²) < 4.78 is 18.8. The topological polar surface area (TPSA) is 21.3 Å². The van der Waals surface area contributed by atoms with E-state index in [9.17, 15) is 4.39 Å². The number of nitrogens with one attached hydrogen (secondary N) is 1. The van der Waals surface area contributed by atoms with Gasteiger partial charge < -0.3 is 10.1 Å². The Bertz CT molecular complexity index is 342. The van der Waals surface area contributed by atoms with Crippen molar-refractivity contribution in [3.05, 3.63) is 29.8 Å². The first-order valence-electron chi connectivity index (χ1n) is 5.77. The standard InChI is InChI=1S/C13H18FNO/c1-16-12-4-2-3-10(8-12)7-11-9-15-6-5-13(11)14/h2-4,8,11,13,15H,5-7,9H2,1H3. The van der Waals surface area contributed by atoms with Crippen LogP contribution >= 0.6 is 0 Å². The summed E-state index contributed by atoms with van der Waals surface area (Å²) in [5.74, 6) is 0.942. The molecule has 1 heterocycles. The second kappa shape index (κ2) is 5.30. The molecule has 2 atom stereocenters. The lowest BCUT2D eigenvalue weighted by molar-refractivity contribution is 0.178. The average molecular weight is 223 g/mol. The maximum absolute atomic E-state index is 13.6. The first kappa shape index (κ1) is 11.4. The summed E-state index contributed by atoms with van der Waals surface area (Å²) in [6.07, 6.45) is 0.743. The molecule has 0 saturated carbocycles. The summed E-state index contributed by atoms with van der Waals surface area (Å²) in [5.41, 5.74) is 1.15. The Kier molecular flexibility index (Phi) is 3.78. The molecule has 88 valence electrons. The second-order valence-electron chi connectivity index (χ2n) is 4.32. The number of hydrogen-bond acceptors (Lipinski definition) is 2. The fourth-order valence-corrected chi connectivity index (χ4v) is 2.19. The van der Waals surface area contributed by atoms with Gasteiger partial charge >= 0.3 is 0 Å². The highest BCUT2D eigenvalue weighted by Gasteiger charge is 2.24. The van der Waals surface area contributed by atoms with E-state index in [0.717, 1.165) is 30.8 Å². The number of rotatable bonds is 3. The first-order valence-corrected chi connectivity index (χ1v) is 5.77. The Morgan fingerprint density at radius 2 is 2.38 bits per heavy atom. The van der Waals surface area contributed by atoms with E-state index in [1.807, 2.05) is 24.3 Å². The van der Waals surface area contributed by atoms with Crippen molar-refractivity contribution in [3.8, 4) is 5.75 Å². The van der Waals surface area contributed by atoms with Crippen molar-refractivity contribution >= 4 is 0 Å². The highest BCUT2D eigenvalue weighted by atomic mass is 19.1. The van der Waals surface area contributed by atoms with Gasteiger partial charge in [-0.2, -0.15) is 0 Å². The maximum atomic E-state index is 13.6. The maximum Gasteiger partial charge on any atom is 0.119 e. The molecule has 0 radical (unpaired) electrons. The molecule has 0 spiro atoms. The van der Waals surface area contributed by atoms with E-state index >= 15 is 0 Å². The molecule has 1 N–H and O–H groups in total. The number of ether oxygens (including phenoxy) is 1. The van der Waals surface area contributed by atoms with Crippen molar-refractivity contribution in [3.63, 3.8) is 0 Å². The van der Waals surface area contributed by atoms with Crippen LogP contribution in [0.5, 0.6) is 5.75 Å². The zero-order chi connectivity index (χ0) is 11.4. The molecule has 3 heteroatoms. The first-order chi connectivity index (χ1) is 7.79. The molecule has 2 rings (SSSR count). The van der Waals surface area contributed by atoms with Crippen LogP contribution in [0.4, 0.5) is 4.39 Å². The minimum absolute atomic E-state index is 0.0980. The van der Waals surface area contributed by atoms with Crippen molar-refractivity contribution in [2.24, 2.45) is 5.92 Å². The highest BCUT2D eigenvalue weighted by Crippen LogP contribution is 2.22. The quantitative estimate of drug-likeness (QED) is 0.848. The van der Waals surface area contributed by atoms with Gasteiger partial charge in [-0.15, -0.1) is 0 Å². The van der Waals surface area contributed by atoms with Gasteiger partial charge in [0.05, 0.1) is 7.11 Å². The molecule has 1 aliphatic heterocycles. The van der Waals surface area contributed by atoms with Gasteiger partial charge in [0, 0.05) is 12.5 Å². The number of methoxy groups -OCH3 is 1. The number of alkyl halides is 1. The van der Waals surface area contributed by atoms with Gasteiger partial charge in [-0.1, -0.05) is 12.1 Å². The number of hydrogen-bond donors (Lipinski definition) is 1. The van der Waals surface area contributed by atoms with Gasteiger partial charge in [-0.05, 0) is 37.1 Å².